The topological polar surface area (TPSA) is 85.9 Å². The van der Waals surface area contributed by atoms with Crippen molar-refractivity contribution >= 4 is 22.2 Å². The molecule has 0 saturated heterocycles. The third kappa shape index (κ3) is 2.45. The van der Waals surface area contributed by atoms with Crippen LogP contribution in [0.3, 0.4) is 0 Å². The zero-order valence-corrected chi connectivity index (χ0v) is 9.81. The van der Waals surface area contributed by atoms with Crippen molar-refractivity contribution in [1.82, 2.24) is 9.97 Å². The highest BCUT2D eigenvalue weighted by molar-refractivity contribution is 7.90. The van der Waals surface area contributed by atoms with Crippen molar-refractivity contribution in [3.63, 3.8) is 0 Å². The zero-order valence-electron chi connectivity index (χ0n) is 8.17. The fourth-order valence-corrected chi connectivity index (χ4v) is 1.70. The minimum absolute atomic E-state index is 0. The molecule has 15 heavy (non-hydrogen) atoms. The van der Waals surface area contributed by atoms with Crippen molar-refractivity contribution < 1.29 is 8.42 Å². The van der Waals surface area contributed by atoms with Gasteiger partial charge in [0.05, 0.1) is 11.2 Å². The van der Waals surface area contributed by atoms with Gasteiger partial charge in [0.25, 0.3) is 0 Å². The van der Waals surface area contributed by atoms with Crippen LogP contribution < -0.4 is 5.73 Å². The van der Waals surface area contributed by atoms with E-state index >= 15 is 0 Å². The van der Waals surface area contributed by atoms with Crippen molar-refractivity contribution in [3.8, 4) is 0 Å². The van der Waals surface area contributed by atoms with E-state index in [1.807, 2.05) is 0 Å². The Labute approximate surface area is 94.4 Å². The summed E-state index contributed by atoms with van der Waals surface area (Å²) in [5.74, 6) is 0. The zero-order chi connectivity index (χ0) is 10.4. The molecule has 0 aromatic carbocycles. The molecule has 5 nitrogen and oxygen atoms in total. The maximum Gasteiger partial charge on any atom is 0.247 e. The highest BCUT2D eigenvalue weighted by Crippen LogP contribution is 2.41. The summed E-state index contributed by atoms with van der Waals surface area (Å²) in [5.41, 5.74) is 6.10. The van der Waals surface area contributed by atoms with Gasteiger partial charge in [-0.25, -0.2) is 18.4 Å². The lowest BCUT2D eigenvalue weighted by molar-refractivity contribution is 0.588. The smallest absolute Gasteiger partial charge is 0.247 e. The molecule has 1 saturated carbocycles. The molecule has 1 aliphatic rings. The number of nitrogens with zero attached hydrogens (tertiary/aromatic N) is 2. The van der Waals surface area contributed by atoms with E-state index in [9.17, 15) is 8.42 Å². The number of hydrogen-bond donors (Lipinski definition) is 1. The van der Waals surface area contributed by atoms with E-state index in [4.69, 9.17) is 5.73 Å². The van der Waals surface area contributed by atoms with Crippen molar-refractivity contribution in [2.75, 3.05) is 6.26 Å². The summed E-state index contributed by atoms with van der Waals surface area (Å²) in [6, 6.07) is 1.67. The SMILES string of the molecule is CS(=O)(=O)c1nccc(C2(N)CC2)n1.Cl. The van der Waals surface area contributed by atoms with Crippen LogP contribution in [-0.2, 0) is 15.4 Å². The fourth-order valence-electron chi connectivity index (χ4n) is 1.19. The Hall–Kier alpha value is -0.720. The molecule has 0 unspecified atom stereocenters. The summed E-state index contributed by atoms with van der Waals surface area (Å²) in [6.45, 7) is 0. The second-order valence-electron chi connectivity index (χ2n) is 3.65. The van der Waals surface area contributed by atoms with Gasteiger partial charge in [0.15, 0.2) is 0 Å². The number of sulfone groups is 1. The highest BCUT2D eigenvalue weighted by Gasteiger charge is 2.41. The lowest BCUT2D eigenvalue weighted by Gasteiger charge is -2.07. The molecule has 1 aromatic rings. The molecule has 0 amide bonds. The number of rotatable bonds is 2. The Morgan fingerprint density at radius 2 is 2.07 bits per heavy atom. The van der Waals surface area contributed by atoms with Crippen LogP contribution in [0.25, 0.3) is 0 Å². The summed E-state index contributed by atoms with van der Waals surface area (Å²) in [6.07, 6.45) is 4.23. The largest absolute Gasteiger partial charge is 0.320 e. The van der Waals surface area contributed by atoms with Crippen LogP contribution in [0.4, 0.5) is 0 Å². The summed E-state index contributed by atoms with van der Waals surface area (Å²) < 4.78 is 22.3. The minimum Gasteiger partial charge on any atom is -0.320 e. The fraction of sp³-hybridized carbons (Fsp3) is 0.500. The third-order valence-electron chi connectivity index (χ3n) is 2.26. The molecule has 0 bridgehead atoms. The molecule has 1 aromatic heterocycles. The summed E-state index contributed by atoms with van der Waals surface area (Å²) in [4.78, 5) is 7.65. The molecule has 1 fully saturated rings. The predicted molar refractivity (Wildman–Crippen MR) is 57.5 cm³/mol. The first-order valence-electron chi connectivity index (χ1n) is 4.24. The monoisotopic (exact) mass is 249 g/mol. The first-order chi connectivity index (χ1) is 6.42. The molecular weight excluding hydrogens is 238 g/mol. The van der Waals surface area contributed by atoms with E-state index in [0.29, 0.717) is 5.69 Å². The highest BCUT2D eigenvalue weighted by atomic mass is 35.5. The number of aromatic nitrogens is 2. The summed E-state index contributed by atoms with van der Waals surface area (Å²) >= 11 is 0. The van der Waals surface area contributed by atoms with Crippen molar-refractivity contribution in [2.45, 2.75) is 23.5 Å². The molecule has 84 valence electrons. The predicted octanol–water partition coefficient (Wildman–Crippen LogP) is 0.250. The van der Waals surface area contributed by atoms with Gasteiger partial charge >= 0.3 is 0 Å². The van der Waals surface area contributed by atoms with Gasteiger partial charge in [-0.3, -0.25) is 0 Å². The Kier molecular flexibility index (Phi) is 3.04. The van der Waals surface area contributed by atoms with Crippen molar-refractivity contribution in [3.05, 3.63) is 18.0 Å². The molecule has 0 aliphatic heterocycles. The van der Waals surface area contributed by atoms with Crippen LogP contribution in [0.1, 0.15) is 18.5 Å². The van der Waals surface area contributed by atoms with Crippen LogP contribution in [0.5, 0.6) is 0 Å². The van der Waals surface area contributed by atoms with Crippen LogP contribution in [0.15, 0.2) is 17.4 Å². The van der Waals surface area contributed by atoms with E-state index in [1.165, 1.54) is 6.20 Å². The Bertz CT molecular complexity index is 471. The van der Waals surface area contributed by atoms with Gasteiger partial charge in [0.1, 0.15) is 0 Å². The lowest BCUT2D eigenvalue weighted by Crippen LogP contribution is -2.21. The van der Waals surface area contributed by atoms with E-state index in [0.717, 1.165) is 19.1 Å². The summed E-state index contributed by atoms with van der Waals surface area (Å²) in [5, 5.41) is -0.147. The average molecular weight is 250 g/mol. The third-order valence-corrected chi connectivity index (χ3v) is 3.12. The standard InChI is InChI=1S/C8H11N3O2S.ClH/c1-14(12,13)7-10-5-2-6(11-7)8(9)3-4-8;/h2,5H,3-4,9H2,1H3;1H. The Morgan fingerprint density at radius 3 is 2.53 bits per heavy atom. The molecule has 1 heterocycles. The van der Waals surface area contributed by atoms with Gasteiger partial charge in [-0.1, -0.05) is 0 Å². The lowest BCUT2D eigenvalue weighted by atomic mass is 10.2. The van der Waals surface area contributed by atoms with Gasteiger partial charge in [-0.05, 0) is 18.9 Å². The first kappa shape index (κ1) is 12.4. The number of hydrogen-bond acceptors (Lipinski definition) is 5. The van der Waals surface area contributed by atoms with Crippen LogP contribution in [0, 0.1) is 0 Å². The molecule has 0 spiro atoms. The molecule has 2 rings (SSSR count). The summed E-state index contributed by atoms with van der Waals surface area (Å²) in [7, 11) is -3.34. The molecule has 7 heteroatoms. The second kappa shape index (κ2) is 3.70. The molecule has 0 atom stereocenters. The van der Waals surface area contributed by atoms with Gasteiger partial charge in [-0.15, -0.1) is 12.4 Å². The Balaban J connectivity index is 0.00000112. The maximum atomic E-state index is 11.2. The van der Waals surface area contributed by atoms with Gasteiger partial charge in [0.2, 0.25) is 15.0 Å². The van der Waals surface area contributed by atoms with E-state index in [1.54, 1.807) is 6.07 Å². The van der Waals surface area contributed by atoms with Gasteiger partial charge in [-0.2, -0.15) is 0 Å². The minimum atomic E-state index is -3.34. The van der Waals surface area contributed by atoms with E-state index < -0.39 is 15.4 Å². The number of halogens is 1. The van der Waals surface area contributed by atoms with Gasteiger partial charge < -0.3 is 5.73 Å². The maximum absolute atomic E-state index is 11.2. The van der Waals surface area contributed by atoms with Gasteiger partial charge in [0, 0.05) is 12.5 Å². The molecule has 1 aliphatic carbocycles. The number of nitrogens with two attached hydrogens (primary N) is 1. The normalized spacial score (nSPS) is 18.0. The van der Waals surface area contributed by atoms with E-state index in [-0.39, 0.29) is 17.6 Å². The van der Waals surface area contributed by atoms with Crippen LogP contribution >= 0.6 is 12.4 Å². The molecule has 2 N–H and O–H groups in total. The quantitative estimate of drug-likeness (QED) is 0.760. The first-order valence-corrected chi connectivity index (χ1v) is 6.13. The average Bonchev–Trinajstić information content (AvgIpc) is 2.84. The van der Waals surface area contributed by atoms with Crippen molar-refractivity contribution in [2.24, 2.45) is 5.73 Å². The van der Waals surface area contributed by atoms with Crippen LogP contribution in [-0.4, -0.2) is 24.6 Å². The second-order valence-corrected chi connectivity index (χ2v) is 5.56. The van der Waals surface area contributed by atoms with Crippen LogP contribution in [0.2, 0.25) is 0 Å². The molecular formula is C8H12ClN3O2S. The van der Waals surface area contributed by atoms with Crippen molar-refractivity contribution in [1.29, 1.82) is 0 Å². The molecule has 0 radical (unpaired) electrons. The Morgan fingerprint density at radius 1 is 1.47 bits per heavy atom. The van der Waals surface area contributed by atoms with E-state index in [2.05, 4.69) is 9.97 Å².